The molecular formula is C16H15ClN2O4. The quantitative estimate of drug-likeness (QED) is 0.841. The van der Waals surface area contributed by atoms with Crippen molar-refractivity contribution in [2.75, 3.05) is 6.54 Å². The second kappa shape index (κ2) is 5.72. The van der Waals surface area contributed by atoms with Gasteiger partial charge in [-0.15, -0.1) is 0 Å². The van der Waals surface area contributed by atoms with Crippen LogP contribution in [0.15, 0.2) is 47.1 Å². The standard InChI is InChI=1S/C16H15ClN2O4/c1-16(13-3-2-8-23-13)14(21)19(15(22)18-16)9-12(20)10-4-6-11(17)7-5-10/h2-8,12,20H,9H2,1H3,(H,18,22)/t12-,16-/m1/s1. The van der Waals surface area contributed by atoms with Crippen molar-refractivity contribution in [3.63, 3.8) is 0 Å². The molecule has 23 heavy (non-hydrogen) atoms. The first-order valence-corrected chi connectivity index (χ1v) is 7.41. The molecule has 0 unspecified atom stereocenters. The number of benzene rings is 1. The van der Waals surface area contributed by atoms with Gasteiger partial charge in [0.2, 0.25) is 0 Å². The van der Waals surface area contributed by atoms with E-state index in [1.165, 1.54) is 6.26 Å². The van der Waals surface area contributed by atoms with Crippen LogP contribution in [0.3, 0.4) is 0 Å². The van der Waals surface area contributed by atoms with E-state index in [2.05, 4.69) is 5.32 Å². The number of aliphatic hydroxyl groups excluding tert-OH is 1. The number of aliphatic hydroxyl groups is 1. The number of imide groups is 1. The van der Waals surface area contributed by atoms with E-state index >= 15 is 0 Å². The molecule has 0 saturated carbocycles. The molecule has 0 aliphatic carbocycles. The third-order valence-electron chi connectivity index (χ3n) is 3.90. The zero-order chi connectivity index (χ0) is 16.6. The Bertz CT molecular complexity index is 729. The number of hydrogen-bond donors (Lipinski definition) is 2. The lowest BCUT2D eigenvalue weighted by Crippen LogP contribution is -2.41. The highest BCUT2D eigenvalue weighted by molar-refractivity contribution is 6.30. The third kappa shape index (κ3) is 2.71. The Morgan fingerprint density at radius 1 is 1.30 bits per heavy atom. The van der Waals surface area contributed by atoms with Crippen molar-refractivity contribution in [3.8, 4) is 0 Å². The maximum Gasteiger partial charge on any atom is 0.325 e. The molecule has 3 amide bonds. The monoisotopic (exact) mass is 334 g/mol. The molecule has 2 atom stereocenters. The summed E-state index contributed by atoms with van der Waals surface area (Å²) >= 11 is 5.81. The maximum absolute atomic E-state index is 12.6. The fourth-order valence-corrected chi connectivity index (χ4v) is 2.68. The number of nitrogens with one attached hydrogen (secondary N) is 1. The molecule has 7 heteroatoms. The molecule has 1 aliphatic rings. The van der Waals surface area contributed by atoms with Crippen molar-refractivity contribution in [1.29, 1.82) is 0 Å². The summed E-state index contributed by atoms with van der Waals surface area (Å²) in [7, 11) is 0. The molecule has 2 N–H and O–H groups in total. The zero-order valence-electron chi connectivity index (χ0n) is 12.3. The molecule has 0 bridgehead atoms. The zero-order valence-corrected chi connectivity index (χ0v) is 13.1. The van der Waals surface area contributed by atoms with Crippen LogP contribution < -0.4 is 5.32 Å². The molecule has 120 valence electrons. The average Bonchev–Trinajstić information content (AvgIpc) is 3.12. The van der Waals surface area contributed by atoms with E-state index in [1.807, 2.05) is 0 Å². The Hall–Kier alpha value is -2.31. The van der Waals surface area contributed by atoms with Crippen LogP contribution in [0.25, 0.3) is 0 Å². The fourth-order valence-electron chi connectivity index (χ4n) is 2.56. The summed E-state index contributed by atoms with van der Waals surface area (Å²) in [6.07, 6.45) is 0.437. The molecule has 2 aromatic rings. The van der Waals surface area contributed by atoms with E-state index in [4.69, 9.17) is 16.0 Å². The highest BCUT2D eigenvalue weighted by atomic mass is 35.5. The van der Waals surface area contributed by atoms with E-state index < -0.39 is 23.6 Å². The number of furan rings is 1. The van der Waals surface area contributed by atoms with Gasteiger partial charge in [0, 0.05) is 5.02 Å². The van der Waals surface area contributed by atoms with Crippen LogP contribution in [0, 0.1) is 0 Å². The van der Waals surface area contributed by atoms with E-state index in [0.717, 1.165) is 4.90 Å². The predicted molar refractivity (Wildman–Crippen MR) is 82.7 cm³/mol. The molecule has 0 radical (unpaired) electrons. The van der Waals surface area contributed by atoms with Crippen LogP contribution in [0.4, 0.5) is 4.79 Å². The molecule has 2 heterocycles. The summed E-state index contributed by atoms with van der Waals surface area (Å²) in [5, 5.41) is 13.4. The normalized spacial score (nSPS) is 22.3. The lowest BCUT2D eigenvalue weighted by molar-refractivity contribution is -0.132. The van der Waals surface area contributed by atoms with Crippen LogP contribution in [0.5, 0.6) is 0 Å². The molecule has 1 saturated heterocycles. The maximum atomic E-state index is 12.6. The number of urea groups is 1. The Balaban J connectivity index is 1.79. The van der Waals surface area contributed by atoms with Gasteiger partial charge in [-0.2, -0.15) is 0 Å². The van der Waals surface area contributed by atoms with Crippen molar-refractivity contribution >= 4 is 23.5 Å². The number of hydrogen-bond acceptors (Lipinski definition) is 4. The van der Waals surface area contributed by atoms with Gasteiger partial charge in [0.1, 0.15) is 5.76 Å². The smallest absolute Gasteiger partial charge is 0.325 e. The van der Waals surface area contributed by atoms with Gasteiger partial charge in [-0.3, -0.25) is 9.69 Å². The number of nitrogens with zero attached hydrogens (tertiary/aromatic N) is 1. The van der Waals surface area contributed by atoms with Crippen molar-refractivity contribution in [1.82, 2.24) is 10.2 Å². The number of halogens is 1. The average molecular weight is 335 g/mol. The number of amides is 3. The van der Waals surface area contributed by atoms with Crippen molar-refractivity contribution in [2.45, 2.75) is 18.6 Å². The predicted octanol–water partition coefficient (Wildman–Crippen LogP) is 2.43. The lowest BCUT2D eigenvalue weighted by Gasteiger charge is -2.20. The number of carbonyl (C=O) groups is 2. The van der Waals surface area contributed by atoms with Gasteiger partial charge in [0.15, 0.2) is 5.54 Å². The Morgan fingerprint density at radius 2 is 2.00 bits per heavy atom. The molecule has 1 aromatic heterocycles. The molecule has 6 nitrogen and oxygen atoms in total. The number of rotatable bonds is 4. The van der Waals surface area contributed by atoms with Crippen LogP contribution in [-0.4, -0.2) is 28.5 Å². The molecular weight excluding hydrogens is 320 g/mol. The van der Waals surface area contributed by atoms with Crippen LogP contribution in [0.1, 0.15) is 24.4 Å². The Morgan fingerprint density at radius 3 is 2.61 bits per heavy atom. The number of β-amino-alcohol motifs (C(OH)–C–C–N with tert-alkyl or cyclic N) is 1. The van der Waals surface area contributed by atoms with Gasteiger partial charge in [-0.1, -0.05) is 23.7 Å². The SMILES string of the molecule is C[C@]1(c2ccco2)NC(=O)N(C[C@@H](O)c2ccc(Cl)cc2)C1=O. The van der Waals surface area contributed by atoms with Crippen LogP contribution in [0.2, 0.25) is 5.02 Å². The van der Waals surface area contributed by atoms with E-state index in [1.54, 1.807) is 43.3 Å². The van der Waals surface area contributed by atoms with Gasteiger partial charge in [0.25, 0.3) is 5.91 Å². The summed E-state index contributed by atoms with van der Waals surface area (Å²) in [5.41, 5.74) is -0.693. The summed E-state index contributed by atoms with van der Waals surface area (Å²) in [6, 6.07) is 9.27. The minimum absolute atomic E-state index is 0.150. The third-order valence-corrected chi connectivity index (χ3v) is 4.15. The highest BCUT2D eigenvalue weighted by Crippen LogP contribution is 2.30. The first kappa shape index (κ1) is 15.6. The van der Waals surface area contributed by atoms with Crippen LogP contribution in [-0.2, 0) is 10.3 Å². The molecule has 1 aliphatic heterocycles. The molecule has 0 spiro atoms. The Kier molecular flexibility index (Phi) is 3.87. The van der Waals surface area contributed by atoms with Gasteiger partial charge in [-0.05, 0) is 36.8 Å². The number of carbonyl (C=O) groups excluding carboxylic acids is 2. The van der Waals surface area contributed by atoms with E-state index in [0.29, 0.717) is 16.3 Å². The largest absolute Gasteiger partial charge is 0.466 e. The van der Waals surface area contributed by atoms with Crippen molar-refractivity contribution in [3.05, 3.63) is 59.0 Å². The van der Waals surface area contributed by atoms with Crippen molar-refractivity contribution < 1.29 is 19.1 Å². The topological polar surface area (TPSA) is 82.8 Å². The van der Waals surface area contributed by atoms with Crippen molar-refractivity contribution in [2.24, 2.45) is 0 Å². The minimum atomic E-state index is -1.26. The first-order valence-electron chi connectivity index (χ1n) is 7.03. The lowest BCUT2D eigenvalue weighted by atomic mass is 9.99. The minimum Gasteiger partial charge on any atom is -0.466 e. The Labute approximate surface area is 137 Å². The van der Waals surface area contributed by atoms with Gasteiger partial charge in [-0.25, -0.2) is 4.79 Å². The van der Waals surface area contributed by atoms with Gasteiger partial charge in [0.05, 0.1) is 18.9 Å². The summed E-state index contributed by atoms with van der Waals surface area (Å²) in [6.45, 7) is 1.42. The summed E-state index contributed by atoms with van der Waals surface area (Å²) in [5.74, 6) is -0.121. The highest BCUT2D eigenvalue weighted by Gasteiger charge is 2.51. The fraction of sp³-hybridized carbons (Fsp3) is 0.250. The summed E-state index contributed by atoms with van der Waals surface area (Å²) < 4.78 is 5.25. The first-order chi connectivity index (χ1) is 10.9. The molecule has 1 aromatic carbocycles. The van der Waals surface area contributed by atoms with Crippen LogP contribution >= 0.6 is 11.6 Å². The van der Waals surface area contributed by atoms with Gasteiger partial charge >= 0.3 is 6.03 Å². The second-order valence-electron chi connectivity index (χ2n) is 5.52. The van der Waals surface area contributed by atoms with E-state index in [9.17, 15) is 14.7 Å². The molecule has 3 rings (SSSR count). The molecule has 1 fully saturated rings. The van der Waals surface area contributed by atoms with Gasteiger partial charge < -0.3 is 14.8 Å². The summed E-state index contributed by atoms with van der Waals surface area (Å²) in [4.78, 5) is 25.7. The second-order valence-corrected chi connectivity index (χ2v) is 5.95. The van der Waals surface area contributed by atoms with E-state index in [-0.39, 0.29) is 6.54 Å².